The van der Waals surface area contributed by atoms with Gasteiger partial charge in [-0.25, -0.2) is 4.98 Å². The number of nitrogen functional groups attached to an aromatic ring is 1. The highest BCUT2D eigenvalue weighted by molar-refractivity contribution is 5.71. The van der Waals surface area contributed by atoms with Gasteiger partial charge >= 0.3 is 5.97 Å². The van der Waals surface area contributed by atoms with Gasteiger partial charge in [0.25, 0.3) is 0 Å². The molecule has 0 aliphatic rings. The second kappa shape index (κ2) is 4.36. The summed E-state index contributed by atoms with van der Waals surface area (Å²) in [6, 6.07) is 2.52. The monoisotopic (exact) mass is 196 g/mol. The standard InChI is InChI=1S/C9H9FN2O2/c10-8-5-4-6(11)7(12-8)2-1-3-9(13)14/h1-2,4-5H,3,11H2,(H,13,14). The first-order chi connectivity index (χ1) is 6.59. The van der Waals surface area contributed by atoms with E-state index < -0.39 is 11.9 Å². The molecule has 1 aromatic heterocycles. The Kier molecular flexibility index (Phi) is 3.17. The number of carboxylic acid groups (broad SMARTS) is 1. The van der Waals surface area contributed by atoms with Gasteiger partial charge in [0, 0.05) is 0 Å². The molecule has 0 radical (unpaired) electrons. The fourth-order valence-corrected chi connectivity index (χ4v) is 0.866. The highest BCUT2D eigenvalue weighted by Crippen LogP contribution is 2.11. The number of carbonyl (C=O) groups is 1. The number of rotatable bonds is 3. The van der Waals surface area contributed by atoms with Gasteiger partial charge in [-0.05, 0) is 18.2 Å². The molecule has 0 spiro atoms. The van der Waals surface area contributed by atoms with Gasteiger partial charge in [0.1, 0.15) is 0 Å². The normalized spacial score (nSPS) is 10.6. The van der Waals surface area contributed by atoms with E-state index in [2.05, 4.69) is 4.98 Å². The maximum Gasteiger partial charge on any atom is 0.307 e. The van der Waals surface area contributed by atoms with Crippen LogP contribution in [0.5, 0.6) is 0 Å². The van der Waals surface area contributed by atoms with Crippen LogP contribution in [0.1, 0.15) is 12.1 Å². The Morgan fingerprint density at radius 3 is 3.00 bits per heavy atom. The van der Waals surface area contributed by atoms with Crippen LogP contribution in [-0.4, -0.2) is 16.1 Å². The van der Waals surface area contributed by atoms with Crippen molar-refractivity contribution in [3.8, 4) is 0 Å². The Bertz CT molecular complexity index is 377. The lowest BCUT2D eigenvalue weighted by Crippen LogP contribution is -1.95. The highest BCUT2D eigenvalue weighted by Gasteiger charge is 1.99. The molecule has 0 saturated carbocycles. The Morgan fingerprint density at radius 1 is 1.64 bits per heavy atom. The lowest BCUT2D eigenvalue weighted by Gasteiger charge is -1.97. The number of nitrogens with zero attached hydrogens (tertiary/aromatic N) is 1. The number of aliphatic carboxylic acids is 1. The predicted molar refractivity (Wildman–Crippen MR) is 49.9 cm³/mol. The molecule has 0 aliphatic heterocycles. The summed E-state index contributed by atoms with van der Waals surface area (Å²) in [6.45, 7) is 0. The molecule has 0 atom stereocenters. The third kappa shape index (κ3) is 2.85. The first-order valence-corrected chi connectivity index (χ1v) is 3.90. The molecule has 4 nitrogen and oxygen atoms in total. The van der Waals surface area contributed by atoms with Gasteiger partial charge in [0.15, 0.2) is 0 Å². The summed E-state index contributed by atoms with van der Waals surface area (Å²) in [6.07, 6.45) is 2.60. The van der Waals surface area contributed by atoms with Crippen molar-refractivity contribution in [2.75, 3.05) is 5.73 Å². The van der Waals surface area contributed by atoms with Gasteiger partial charge in [0.05, 0.1) is 17.8 Å². The van der Waals surface area contributed by atoms with Crippen LogP contribution in [0.15, 0.2) is 18.2 Å². The Labute approximate surface area is 79.9 Å². The van der Waals surface area contributed by atoms with E-state index in [4.69, 9.17) is 10.8 Å². The number of hydrogen-bond donors (Lipinski definition) is 2. The highest BCUT2D eigenvalue weighted by atomic mass is 19.1. The van der Waals surface area contributed by atoms with E-state index in [1.54, 1.807) is 0 Å². The topological polar surface area (TPSA) is 76.2 Å². The molecule has 5 heteroatoms. The molecule has 74 valence electrons. The van der Waals surface area contributed by atoms with E-state index >= 15 is 0 Å². The van der Waals surface area contributed by atoms with E-state index in [-0.39, 0.29) is 12.1 Å². The van der Waals surface area contributed by atoms with Crippen LogP contribution >= 0.6 is 0 Å². The van der Waals surface area contributed by atoms with Crippen LogP contribution in [0.3, 0.4) is 0 Å². The molecule has 0 bridgehead atoms. The summed E-state index contributed by atoms with van der Waals surface area (Å²) in [5.41, 5.74) is 6.03. The largest absolute Gasteiger partial charge is 0.481 e. The number of hydrogen-bond acceptors (Lipinski definition) is 3. The lowest BCUT2D eigenvalue weighted by atomic mass is 10.2. The van der Waals surface area contributed by atoms with Crippen molar-refractivity contribution < 1.29 is 14.3 Å². The molecule has 3 N–H and O–H groups in total. The minimum atomic E-state index is -0.962. The number of aromatic nitrogens is 1. The van der Waals surface area contributed by atoms with Crippen LogP contribution < -0.4 is 5.73 Å². The first-order valence-electron chi connectivity index (χ1n) is 3.90. The van der Waals surface area contributed by atoms with Crippen LogP contribution in [0.25, 0.3) is 6.08 Å². The second-order valence-corrected chi connectivity index (χ2v) is 2.61. The summed E-state index contributed by atoms with van der Waals surface area (Å²) in [7, 11) is 0. The third-order valence-electron chi connectivity index (χ3n) is 1.49. The fraction of sp³-hybridized carbons (Fsp3) is 0.111. The molecule has 0 aliphatic carbocycles. The molecule has 1 heterocycles. The molecule has 0 amide bonds. The van der Waals surface area contributed by atoms with Gasteiger partial charge in [-0.15, -0.1) is 0 Å². The van der Waals surface area contributed by atoms with Crippen molar-refractivity contribution in [2.24, 2.45) is 0 Å². The fourth-order valence-electron chi connectivity index (χ4n) is 0.866. The zero-order valence-corrected chi connectivity index (χ0v) is 7.27. The van der Waals surface area contributed by atoms with E-state index in [1.165, 1.54) is 18.2 Å². The third-order valence-corrected chi connectivity index (χ3v) is 1.49. The van der Waals surface area contributed by atoms with E-state index in [0.29, 0.717) is 5.69 Å². The number of carboxylic acids is 1. The maximum absolute atomic E-state index is 12.6. The van der Waals surface area contributed by atoms with E-state index in [1.807, 2.05) is 0 Å². The molecule has 14 heavy (non-hydrogen) atoms. The first kappa shape index (κ1) is 10.2. The van der Waals surface area contributed by atoms with Crippen molar-refractivity contribution >= 4 is 17.7 Å². The number of pyridine rings is 1. The van der Waals surface area contributed by atoms with Gasteiger partial charge in [-0.3, -0.25) is 4.79 Å². The minimum Gasteiger partial charge on any atom is -0.481 e. The number of nitrogens with two attached hydrogens (primary N) is 1. The Balaban J connectivity index is 2.80. The van der Waals surface area contributed by atoms with Crippen molar-refractivity contribution in [3.63, 3.8) is 0 Å². The summed E-state index contributed by atoms with van der Waals surface area (Å²) in [5.74, 6) is -1.61. The average Bonchev–Trinajstić information content (AvgIpc) is 2.10. The second-order valence-electron chi connectivity index (χ2n) is 2.61. The van der Waals surface area contributed by atoms with Crippen molar-refractivity contribution in [1.29, 1.82) is 0 Å². The molecule has 1 rings (SSSR count). The van der Waals surface area contributed by atoms with Gasteiger partial charge in [0.2, 0.25) is 5.95 Å². The number of anilines is 1. The summed E-state index contributed by atoms with van der Waals surface area (Å²) >= 11 is 0. The van der Waals surface area contributed by atoms with Gasteiger partial charge in [-0.1, -0.05) is 6.08 Å². The van der Waals surface area contributed by atoms with Crippen LogP contribution in [0.4, 0.5) is 10.1 Å². The SMILES string of the molecule is Nc1ccc(F)nc1C=CCC(=O)O. The Hall–Kier alpha value is -1.91. The molecule has 0 saturated heterocycles. The molecular weight excluding hydrogens is 187 g/mol. The molecule has 0 aromatic carbocycles. The summed E-state index contributed by atoms with van der Waals surface area (Å²) < 4.78 is 12.6. The summed E-state index contributed by atoms with van der Waals surface area (Å²) in [4.78, 5) is 13.7. The predicted octanol–water partition coefficient (Wildman–Crippen LogP) is 1.29. The van der Waals surface area contributed by atoms with Crippen LogP contribution in [0.2, 0.25) is 0 Å². The van der Waals surface area contributed by atoms with Gasteiger partial charge < -0.3 is 10.8 Å². The van der Waals surface area contributed by atoms with E-state index in [0.717, 1.165) is 6.07 Å². The quantitative estimate of drug-likeness (QED) is 0.714. The van der Waals surface area contributed by atoms with Crippen LogP contribution in [-0.2, 0) is 4.79 Å². The molecule has 0 unspecified atom stereocenters. The average molecular weight is 196 g/mol. The smallest absolute Gasteiger partial charge is 0.307 e. The minimum absolute atomic E-state index is 0.141. The van der Waals surface area contributed by atoms with Crippen molar-refractivity contribution in [3.05, 3.63) is 29.9 Å². The molecule has 1 aromatic rings. The molecular formula is C9H9FN2O2. The van der Waals surface area contributed by atoms with Gasteiger partial charge in [-0.2, -0.15) is 4.39 Å². The van der Waals surface area contributed by atoms with Crippen molar-refractivity contribution in [1.82, 2.24) is 4.98 Å². The Morgan fingerprint density at radius 2 is 2.36 bits per heavy atom. The van der Waals surface area contributed by atoms with Crippen LogP contribution in [0, 0.1) is 5.95 Å². The van der Waals surface area contributed by atoms with E-state index in [9.17, 15) is 9.18 Å². The number of halogens is 1. The zero-order chi connectivity index (χ0) is 10.6. The van der Waals surface area contributed by atoms with Crippen molar-refractivity contribution in [2.45, 2.75) is 6.42 Å². The molecule has 0 fully saturated rings. The summed E-state index contributed by atoms with van der Waals surface area (Å²) in [5, 5.41) is 8.34. The maximum atomic E-state index is 12.6. The zero-order valence-electron chi connectivity index (χ0n) is 7.27. The lowest BCUT2D eigenvalue weighted by molar-refractivity contribution is -0.135.